The zero-order valence-corrected chi connectivity index (χ0v) is 20.2. The standard InChI is InChI=1S/C22H37NO2SSi/c1-9-10-15-23(26(24,25)22-13-11-21(8)12-14-22)16-17-27(18(2)3,19(4)5)20(6)7/h11-14,18-20H,9-10,15H2,1-8H3. The van der Waals surface area contributed by atoms with Gasteiger partial charge >= 0.3 is 0 Å². The first-order valence-corrected chi connectivity index (χ1v) is 13.8. The molecule has 0 radical (unpaired) electrons. The third-order valence-corrected chi connectivity index (χ3v) is 13.6. The van der Waals surface area contributed by atoms with Crippen LogP contribution in [0.15, 0.2) is 29.2 Å². The maximum absolute atomic E-state index is 13.2. The second-order valence-electron chi connectivity index (χ2n) is 8.38. The number of sulfonamides is 1. The molecule has 3 nitrogen and oxygen atoms in total. The number of rotatable bonds is 8. The van der Waals surface area contributed by atoms with Gasteiger partial charge in [0.05, 0.1) is 4.90 Å². The van der Waals surface area contributed by atoms with Crippen molar-refractivity contribution < 1.29 is 8.42 Å². The van der Waals surface area contributed by atoms with E-state index >= 15 is 0 Å². The number of hydrogen-bond donors (Lipinski definition) is 0. The van der Waals surface area contributed by atoms with Crippen molar-refractivity contribution in [3.05, 3.63) is 29.8 Å². The van der Waals surface area contributed by atoms with Crippen molar-refractivity contribution in [2.75, 3.05) is 6.54 Å². The molecule has 1 aromatic carbocycles. The lowest BCUT2D eigenvalue weighted by Crippen LogP contribution is -2.44. The average Bonchev–Trinajstić information content (AvgIpc) is 2.57. The Morgan fingerprint density at radius 3 is 1.85 bits per heavy atom. The molecule has 0 saturated heterocycles. The third kappa shape index (κ3) is 5.39. The minimum absolute atomic E-state index is 0.324. The van der Waals surface area contributed by atoms with Crippen molar-refractivity contribution in [3.63, 3.8) is 0 Å². The van der Waals surface area contributed by atoms with Crippen molar-refractivity contribution in [2.24, 2.45) is 0 Å². The summed E-state index contributed by atoms with van der Waals surface area (Å²) in [5, 5.41) is 0. The molecule has 27 heavy (non-hydrogen) atoms. The molecule has 0 aliphatic rings. The zero-order chi connectivity index (χ0) is 20.8. The highest BCUT2D eigenvalue weighted by Crippen LogP contribution is 2.40. The van der Waals surface area contributed by atoms with Gasteiger partial charge < -0.3 is 0 Å². The van der Waals surface area contributed by atoms with Crippen LogP contribution in [-0.4, -0.2) is 27.3 Å². The summed E-state index contributed by atoms with van der Waals surface area (Å²) in [6, 6.07) is 10.2. The first-order chi connectivity index (χ1) is 12.5. The Kier molecular flexibility index (Phi) is 8.63. The Morgan fingerprint density at radius 1 is 0.963 bits per heavy atom. The number of benzene rings is 1. The minimum atomic E-state index is -3.61. The van der Waals surface area contributed by atoms with Gasteiger partial charge in [-0.2, -0.15) is 0 Å². The highest BCUT2D eigenvalue weighted by Gasteiger charge is 2.42. The van der Waals surface area contributed by atoms with E-state index in [0.717, 1.165) is 18.4 Å². The smallest absolute Gasteiger partial charge is 0.225 e. The fourth-order valence-corrected chi connectivity index (χ4v) is 10.5. The molecule has 0 N–H and O–H groups in total. The summed E-state index contributed by atoms with van der Waals surface area (Å²) in [5.74, 6) is 0. The molecule has 0 spiro atoms. The Bertz CT molecular complexity index is 734. The molecule has 152 valence electrons. The fourth-order valence-electron chi connectivity index (χ4n) is 3.97. The normalized spacial score (nSPS) is 12.4. The van der Waals surface area contributed by atoms with Gasteiger partial charge in [0.2, 0.25) is 0 Å². The van der Waals surface area contributed by atoms with Crippen LogP contribution in [0.25, 0.3) is 0 Å². The maximum atomic E-state index is 13.2. The van der Waals surface area contributed by atoms with Crippen molar-refractivity contribution >= 4 is 18.1 Å². The van der Waals surface area contributed by atoms with E-state index in [9.17, 15) is 8.42 Å². The molecule has 0 amide bonds. The molecular formula is C22H37NO2SSi. The molecule has 0 heterocycles. The van der Waals surface area contributed by atoms with Crippen molar-refractivity contribution in [1.29, 1.82) is 0 Å². The molecule has 5 heteroatoms. The summed E-state index contributed by atoms with van der Waals surface area (Å²) in [5.41, 5.74) is 6.03. The van der Waals surface area contributed by atoms with Crippen LogP contribution < -0.4 is 0 Å². The molecule has 0 aliphatic carbocycles. The highest BCUT2D eigenvalue weighted by atomic mass is 32.2. The lowest BCUT2D eigenvalue weighted by Gasteiger charge is -2.38. The fraction of sp³-hybridized carbons (Fsp3) is 0.636. The van der Waals surface area contributed by atoms with Crippen LogP contribution in [-0.2, 0) is 10.0 Å². The van der Waals surface area contributed by atoms with Crippen LogP contribution in [0.4, 0.5) is 0 Å². The summed E-state index contributed by atoms with van der Waals surface area (Å²) in [4.78, 5) is 0.324. The monoisotopic (exact) mass is 407 g/mol. The summed E-state index contributed by atoms with van der Waals surface area (Å²) < 4.78 is 27.8. The van der Waals surface area contributed by atoms with Crippen LogP contribution in [0.2, 0.25) is 16.6 Å². The first kappa shape index (κ1) is 23.8. The number of nitrogens with zero attached hydrogens (tertiary/aromatic N) is 1. The Morgan fingerprint density at radius 2 is 1.44 bits per heavy atom. The molecule has 1 aromatic rings. The van der Waals surface area contributed by atoms with E-state index in [4.69, 9.17) is 0 Å². The van der Waals surface area contributed by atoms with Crippen LogP contribution in [0.3, 0.4) is 0 Å². The van der Waals surface area contributed by atoms with E-state index in [2.05, 4.69) is 60.1 Å². The van der Waals surface area contributed by atoms with Crippen molar-refractivity contribution in [2.45, 2.75) is 89.8 Å². The predicted molar refractivity (Wildman–Crippen MR) is 119 cm³/mol. The topological polar surface area (TPSA) is 37.4 Å². The molecule has 1 rings (SSSR count). The SMILES string of the molecule is CCCCN(C#C[Si](C(C)C)(C(C)C)C(C)C)S(=O)(=O)c1ccc(C)cc1. The Balaban J connectivity index is 3.45. The predicted octanol–water partition coefficient (Wildman–Crippen LogP) is 5.96. The van der Waals surface area contributed by atoms with Gasteiger partial charge in [0.1, 0.15) is 8.07 Å². The second kappa shape index (κ2) is 9.79. The Labute approximate surface area is 168 Å². The molecule has 0 bridgehead atoms. The summed E-state index contributed by atoms with van der Waals surface area (Å²) in [6.07, 6.45) is 1.74. The zero-order valence-electron chi connectivity index (χ0n) is 18.3. The maximum Gasteiger partial charge on any atom is 0.270 e. The van der Waals surface area contributed by atoms with Crippen LogP contribution in [0.5, 0.6) is 0 Å². The summed E-state index contributed by atoms with van der Waals surface area (Å²) in [7, 11) is -5.59. The first-order valence-electron chi connectivity index (χ1n) is 10.1. The van der Waals surface area contributed by atoms with Gasteiger partial charge in [-0.3, -0.25) is 0 Å². The van der Waals surface area contributed by atoms with Crippen LogP contribution >= 0.6 is 0 Å². The average molecular weight is 408 g/mol. The molecule has 0 atom stereocenters. The van der Waals surface area contributed by atoms with E-state index in [1.165, 1.54) is 4.31 Å². The van der Waals surface area contributed by atoms with E-state index < -0.39 is 18.1 Å². The number of unbranched alkanes of at least 4 members (excludes halogenated alkanes) is 1. The van der Waals surface area contributed by atoms with E-state index in [1.807, 2.05) is 19.1 Å². The van der Waals surface area contributed by atoms with Gasteiger partial charge in [0.15, 0.2) is 0 Å². The molecule has 0 aliphatic heterocycles. The number of hydrogen-bond acceptors (Lipinski definition) is 2. The lowest BCUT2D eigenvalue weighted by molar-refractivity contribution is 0.500. The van der Waals surface area contributed by atoms with Crippen LogP contribution in [0.1, 0.15) is 66.9 Å². The third-order valence-electron chi connectivity index (χ3n) is 5.59. The van der Waals surface area contributed by atoms with Gasteiger partial charge in [0.25, 0.3) is 10.0 Å². The molecule has 0 saturated carbocycles. The molecular weight excluding hydrogens is 370 g/mol. The molecule has 0 aromatic heterocycles. The van der Waals surface area contributed by atoms with E-state index in [1.54, 1.807) is 12.1 Å². The van der Waals surface area contributed by atoms with Crippen LogP contribution in [0, 0.1) is 18.5 Å². The number of aryl methyl sites for hydroxylation is 1. The Hall–Kier alpha value is -1.25. The molecule has 0 fully saturated rings. The lowest BCUT2D eigenvalue weighted by atomic mass is 10.2. The van der Waals surface area contributed by atoms with Gasteiger partial charge in [-0.1, -0.05) is 72.6 Å². The van der Waals surface area contributed by atoms with Gasteiger partial charge in [-0.05, 0) is 42.1 Å². The van der Waals surface area contributed by atoms with Gasteiger partial charge in [-0.15, -0.1) is 5.54 Å². The van der Waals surface area contributed by atoms with Crippen molar-refractivity contribution in [3.8, 4) is 11.6 Å². The second-order valence-corrected chi connectivity index (χ2v) is 15.8. The largest absolute Gasteiger partial charge is 0.270 e. The summed E-state index contributed by atoms with van der Waals surface area (Å²) in [6.45, 7) is 17.9. The highest BCUT2D eigenvalue weighted by molar-refractivity contribution is 7.89. The van der Waals surface area contributed by atoms with Gasteiger partial charge in [-0.25, -0.2) is 12.7 Å². The molecule has 0 unspecified atom stereocenters. The van der Waals surface area contributed by atoms with E-state index in [0.29, 0.717) is 28.1 Å². The van der Waals surface area contributed by atoms with Crippen molar-refractivity contribution in [1.82, 2.24) is 4.31 Å². The van der Waals surface area contributed by atoms with Gasteiger partial charge in [0, 0.05) is 12.6 Å². The quantitative estimate of drug-likeness (QED) is 0.303. The summed E-state index contributed by atoms with van der Waals surface area (Å²) >= 11 is 0. The van der Waals surface area contributed by atoms with E-state index in [-0.39, 0.29) is 0 Å². The minimum Gasteiger partial charge on any atom is -0.225 e.